The Balaban J connectivity index is 1.46. The largest absolute Gasteiger partial charge is 0.379 e. The SMILES string of the molecule is CCNC(=NCC(C)N1CCOCC1)NCCc1ccc(-n2cccn2)cc1. The minimum absolute atomic E-state index is 0.425. The first-order valence-electron chi connectivity index (χ1n) is 10.2. The summed E-state index contributed by atoms with van der Waals surface area (Å²) >= 11 is 0. The number of morpholine rings is 1. The van der Waals surface area contributed by atoms with Gasteiger partial charge in [0.1, 0.15) is 0 Å². The fourth-order valence-corrected chi connectivity index (χ4v) is 3.26. The van der Waals surface area contributed by atoms with E-state index in [-0.39, 0.29) is 0 Å². The number of aliphatic imine (C=N–C) groups is 1. The number of nitrogens with zero attached hydrogens (tertiary/aromatic N) is 4. The fourth-order valence-electron chi connectivity index (χ4n) is 3.26. The molecule has 0 amide bonds. The second-order valence-electron chi connectivity index (χ2n) is 7.01. The maximum atomic E-state index is 5.43. The minimum Gasteiger partial charge on any atom is -0.379 e. The molecule has 1 unspecified atom stereocenters. The van der Waals surface area contributed by atoms with Gasteiger partial charge in [-0.25, -0.2) is 4.68 Å². The van der Waals surface area contributed by atoms with Crippen molar-refractivity contribution < 1.29 is 4.74 Å². The lowest BCUT2D eigenvalue weighted by Gasteiger charge is -2.31. The Bertz CT molecular complexity index is 707. The van der Waals surface area contributed by atoms with Crippen LogP contribution in [0.4, 0.5) is 0 Å². The van der Waals surface area contributed by atoms with Gasteiger partial charge in [0.2, 0.25) is 0 Å². The van der Waals surface area contributed by atoms with Gasteiger partial charge < -0.3 is 15.4 Å². The summed E-state index contributed by atoms with van der Waals surface area (Å²) in [7, 11) is 0. The van der Waals surface area contributed by atoms with Gasteiger partial charge in [-0.05, 0) is 44.0 Å². The van der Waals surface area contributed by atoms with Crippen molar-refractivity contribution in [3.8, 4) is 5.69 Å². The molecule has 2 aromatic rings. The number of aromatic nitrogens is 2. The van der Waals surface area contributed by atoms with Gasteiger partial charge in [0.25, 0.3) is 0 Å². The fraction of sp³-hybridized carbons (Fsp3) is 0.524. The number of rotatable bonds is 8. The Morgan fingerprint density at radius 1 is 1.21 bits per heavy atom. The van der Waals surface area contributed by atoms with E-state index in [2.05, 4.69) is 58.7 Å². The molecule has 0 bridgehead atoms. The first-order chi connectivity index (χ1) is 13.8. The van der Waals surface area contributed by atoms with Crippen LogP contribution in [0.15, 0.2) is 47.7 Å². The minimum atomic E-state index is 0.425. The predicted molar refractivity (Wildman–Crippen MR) is 113 cm³/mol. The van der Waals surface area contributed by atoms with E-state index < -0.39 is 0 Å². The van der Waals surface area contributed by atoms with E-state index in [1.54, 1.807) is 6.20 Å². The van der Waals surface area contributed by atoms with Crippen molar-refractivity contribution in [2.75, 3.05) is 45.9 Å². The zero-order valence-corrected chi connectivity index (χ0v) is 17.0. The molecule has 1 aliphatic heterocycles. The molecule has 7 nitrogen and oxygen atoms in total. The summed E-state index contributed by atoms with van der Waals surface area (Å²) in [5, 5.41) is 11.0. The summed E-state index contributed by atoms with van der Waals surface area (Å²) in [6.45, 7) is 10.5. The maximum absolute atomic E-state index is 5.43. The highest BCUT2D eigenvalue weighted by Gasteiger charge is 2.16. The summed E-state index contributed by atoms with van der Waals surface area (Å²) in [6, 6.07) is 10.9. The average molecular weight is 385 g/mol. The van der Waals surface area contributed by atoms with Gasteiger partial charge in [0.05, 0.1) is 25.4 Å². The molecule has 1 fully saturated rings. The molecule has 3 rings (SSSR count). The number of hydrogen-bond acceptors (Lipinski definition) is 4. The van der Waals surface area contributed by atoms with Crippen molar-refractivity contribution >= 4 is 5.96 Å². The van der Waals surface area contributed by atoms with Gasteiger partial charge in [-0.3, -0.25) is 9.89 Å². The van der Waals surface area contributed by atoms with Gasteiger partial charge in [0.15, 0.2) is 5.96 Å². The number of hydrogen-bond donors (Lipinski definition) is 2. The molecule has 7 heteroatoms. The summed E-state index contributed by atoms with van der Waals surface area (Å²) in [4.78, 5) is 7.21. The van der Waals surface area contributed by atoms with Gasteiger partial charge in [0, 0.05) is 44.6 Å². The Morgan fingerprint density at radius 2 is 2.00 bits per heavy atom. The van der Waals surface area contributed by atoms with Crippen molar-refractivity contribution in [2.24, 2.45) is 4.99 Å². The molecule has 0 saturated carbocycles. The molecule has 0 spiro atoms. The molecule has 1 saturated heterocycles. The third kappa shape index (κ3) is 6.07. The van der Waals surface area contributed by atoms with Gasteiger partial charge in [-0.15, -0.1) is 0 Å². The Morgan fingerprint density at radius 3 is 2.68 bits per heavy atom. The van der Waals surface area contributed by atoms with Crippen molar-refractivity contribution in [3.63, 3.8) is 0 Å². The Labute approximate surface area is 167 Å². The van der Waals surface area contributed by atoms with Crippen LogP contribution in [0.1, 0.15) is 19.4 Å². The van der Waals surface area contributed by atoms with Crippen molar-refractivity contribution in [3.05, 3.63) is 48.3 Å². The lowest BCUT2D eigenvalue weighted by Crippen LogP contribution is -2.44. The van der Waals surface area contributed by atoms with Crippen LogP contribution < -0.4 is 10.6 Å². The van der Waals surface area contributed by atoms with E-state index in [1.807, 2.05) is 16.9 Å². The molecule has 1 aromatic carbocycles. The number of ether oxygens (including phenoxy) is 1. The van der Waals surface area contributed by atoms with Crippen LogP contribution in [0, 0.1) is 0 Å². The molecule has 1 atom stereocenters. The van der Waals surface area contributed by atoms with Crippen LogP contribution in [0.3, 0.4) is 0 Å². The molecule has 28 heavy (non-hydrogen) atoms. The standard InChI is InChI=1S/C21H32N6O/c1-3-22-21(24-17-18(2)26-13-15-28-16-14-26)23-11-9-19-5-7-20(8-6-19)27-12-4-10-25-27/h4-8,10,12,18H,3,9,11,13-17H2,1-2H3,(H2,22,23,24). The summed E-state index contributed by atoms with van der Waals surface area (Å²) in [6.07, 6.45) is 4.69. The van der Waals surface area contributed by atoms with Crippen LogP contribution in [0.25, 0.3) is 5.69 Å². The smallest absolute Gasteiger partial charge is 0.191 e. The van der Waals surface area contributed by atoms with E-state index in [1.165, 1.54) is 5.56 Å². The molecule has 0 aliphatic carbocycles. The third-order valence-corrected chi connectivity index (χ3v) is 4.94. The van der Waals surface area contributed by atoms with Crippen molar-refractivity contribution in [1.82, 2.24) is 25.3 Å². The highest BCUT2D eigenvalue weighted by atomic mass is 16.5. The van der Waals surface area contributed by atoms with E-state index in [0.717, 1.165) is 64.0 Å². The molecular weight excluding hydrogens is 352 g/mol. The summed E-state index contributed by atoms with van der Waals surface area (Å²) in [5.41, 5.74) is 2.37. The molecule has 0 radical (unpaired) electrons. The molecule has 1 aromatic heterocycles. The van der Waals surface area contributed by atoms with Gasteiger partial charge >= 0.3 is 0 Å². The first kappa shape index (κ1) is 20.4. The molecule has 2 N–H and O–H groups in total. The zero-order valence-electron chi connectivity index (χ0n) is 17.0. The number of nitrogens with one attached hydrogen (secondary N) is 2. The number of benzene rings is 1. The molecule has 152 valence electrons. The molecular formula is C21H32N6O. The number of guanidine groups is 1. The van der Waals surface area contributed by atoms with E-state index in [4.69, 9.17) is 9.73 Å². The predicted octanol–water partition coefficient (Wildman–Crippen LogP) is 1.69. The van der Waals surface area contributed by atoms with Crippen molar-refractivity contribution in [2.45, 2.75) is 26.3 Å². The van der Waals surface area contributed by atoms with E-state index in [0.29, 0.717) is 6.04 Å². The zero-order chi connectivity index (χ0) is 19.6. The van der Waals surface area contributed by atoms with E-state index in [9.17, 15) is 0 Å². The maximum Gasteiger partial charge on any atom is 0.191 e. The Kier molecular flexibility index (Phi) is 7.87. The van der Waals surface area contributed by atoms with Crippen LogP contribution in [0.5, 0.6) is 0 Å². The van der Waals surface area contributed by atoms with Crippen molar-refractivity contribution in [1.29, 1.82) is 0 Å². The molecule has 1 aliphatic rings. The van der Waals surface area contributed by atoms with Gasteiger partial charge in [-0.2, -0.15) is 5.10 Å². The monoisotopic (exact) mass is 384 g/mol. The average Bonchev–Trinajstić information content (AvgIpc) is 3.28. The van der Waals surface area contributed by atoms with Crippen LogP contribution >= 0.6 is 0 Å². The lowest BCUT2D eigenvalue weighted by molar-refractivity contribution is 0.0220. The highest BCUT2D eigenvalue weighted by Crippen LogP contribution is 2.09. The lowest BCUT2D eigenvalue weighted by atomic mass is 10.1. The third-order valence-electron chi connectivity index (χ3n) is 4.94. The Hall–Kier alpha value is -2.38. The highest BCUT2D eigenvalue weighted by molar-refractivity contribution is 5.79. The second kappa shape index (κ2) is 10.8. The van der Waals surface area contributed by atoms with Crippen LogP contribution in [-0.4, -0.2) is 72.6 Å². The first-order valence-corrected chi connectivity index (χ1v) is 10.2. The molecule has 2 heterocycles. The topological polar surface area (TPSA) is 66.7 Å². The van der Waals surface area contributed by atoms with Crippen LogP contribution in [0.2, 0.25) is 0 Å². The van der Waals surface area contributed by atoms with Gasteiger partial charge in [-0.1, -0.05) is 12.1 Å². The second-order valence-corrected chi connectivity index (χ2v) is 7.01. The quantitative estimate of drug-likeness (QED) is 0.536. The summed E-state index contributed by atoms with van der Waals surface area (Å²) in [5.74, 6) is 0.885. The van der Waals surface area contributed by atoms with Crippen LogP contribution in [-0.2, 0) is 11.2 Å². The van der Waals surface area contributed by atoms with E-state index >= 15 is 0 Å². The summed E-state index contributed by atoms with van der Waals surface area (Å²) < 4.78 is 7.30. The normalized spacial score (nSPS) is 16.7.